The van der Waals surface area contributed by atoms with Gasteiger partial charge in [0, 0.05) is 23.2 Å². The highest BCUT2D eigenvalue weighted by Crippen LogP contribution is 2.34. The van der Waals surface area contributed by atoms with E-state index in [1.54, 1.807) is 14.2 Å². The van der Waals surface area contributed by atoms with Gasteiger partial charge in [0.05, 0.1) is 14.2 Å². The number of methoxy groups -OCH3 is 2. The minimum Gasteiger partial charge on any atom is -0.493 e. The van der Waals surface area contributed by atoms with E-state index in [0.717, 1.165) is 16.7 Å². The lowest BCUT2D eigenvalue weighted by molar-refractivity contribution is 0.354. The number of aromatic nitrogens is 4. The quantitative estimate of drug-likeness (QED) is 0.569. The van der Waals surface area contributed by atoms with E-state index >= 15 is 0 Å². The number of ether oxygens (including phenoxy) is 2. The molecule has 0 saturated carbocycles. The maximum absolute atomic E-state index is 5.95. The van der Waals surface area contributed by atoms with Gasteiger partial charge >= 0.3 is 0 Å². The van der Waals surface area contributed by atoms with E-state index in [-0.39, 0.29) is 0 Å². The molecule has 25 heavy (non-hydrogen) atoms. The molecule has 3 aromatic rings. The minimum absolute atomic E-state index is 0.526. The molecule has 0 saturated heterocycles. The highest BCUT2D eigenvalue weighted by molar-refractivity contribution is 6.14. The van der Waals surface area contributed by atoms with E-state index in [1.807, 2.05) is 36.4 Å². The van der Waals surface area contributed by atoms with Gasteiger partial charge in [-0.3, -0.25) is 0 Å². The Bertz CT molecular complexity index is 979. The number of rotatable bonds is 3. The van der Waals surface area contributed by atoms with Crippen LogP contribution in [0.25, 0.3) is 0 Å². The van der Waals surface area contributed by atoms with Crippen molar-refractivity contribution in [2.75, 3.05) is 20.0 Å². The molecule has 0 spiro atoms. The van der Waals surface area contributed by atoms with Gasteiger partial charge in [0.1, 0.15) is 5.71 Å². The van der Waals surface area contributed by atoms with Gasteiger partial charge in [0.25, 0.3) is 0 Å². The van der Waals surface area contributed by atoms with Crippen molar-refractivity contribution in [3.63, 3.8) is 0 Å². The van der Waals surface area contributed by atoms with Crippen LogP contribution in [0.1, 0.15) is 22.5 Å². The fraction of sp³-hybridized carbons (Fsp3) is 0.176. The Labute approximate surface area is 143 Å². The van der Waals surface area contributed by atoms with Crippen LogP contribution in [-0.4, -0.2) is 40.2 Å². The SMILES string of the molecule is COc1cc2c(cc1OC)C(c1cccc(N)c1)=Nn1nnnc1C2. The molecule has 4 rings (SSSR count). The predicted molar refractivity (Wildman–Crippen MR) is 92.1 cm³/mol. The normalized spacial score (nSPS) is 12.6. The maximum Gasteiger partial charge on any atom is 0.181 e. The maximum atomic E-state index is 5.95. The van der Waals surface area contributed by atoms with Gasteiger partial charge in [-0.05, 0) is 40.3 Å². The lowest BCUT2D eigenvalue weighted by atomic mass is 9.95. The topological polar surface area (TPSA) is 100 Å². The van der Waals surface area contributed by atoms with Crippen molar-refractivity contribution in [2.24, 2.45) is 5.10 Å². The van der Waals surface area contributed by atoms with Crippen LogP contribution in [0, 0.1) is 0 Å². The second-order valence-corrected chi connectivity index (χ2v) is 5.60. The number of hydrogen-bond donors (Lipinski definition) is 1. The smallest absolute Gasteiger partial charge is 0.181 e. The second-order valence-electron chi connectivity index (χ2n) is 5.60. The van der Waals surface area contributed by atoms with Crippen molar-refractivity contribution < 1.29 is 9.47 Å². The van der Waals surface area contributed by atoms with Crippen LogP contribution in [-0.2, 0) is 6.42 Å². The Balaban J connectivity index is 1.99. The van der Waals surface area contributed by atoms with Crippen LogP contribution in [0.15, 0.2) is 41.5 Å². The van der Waals surface area contributed by atoms with E-state index in [9.17, 15) is 0 Å². The molecule has 0 bridgehead atoms. The van der Waals surface area contributed by atoms with Crippen LogP contribution >= 0.6 is 0 Å². The second kappa shape index (κ2) is 5.90. The highest BCUT2D eigenvalue weighted by Gasteiger charge is 2.23. The molecule has 1 aliphatic heterocycles. The first kappa shape index (κ1) is 15.1. The number of nitrogen functional groups attached to an aromatic ring is 1. The first-order chi connectivity index (χ1) is 12.2. The van der Waals surface area contributed by atoms with Gasteiger partial charge in [-0.25, -0.2) is 0 Å². The largest absolute Gasteiger partial charge is 0.493 e. The molecule has 2 aromatic carbocycles. The molecule has 1 aliphatic rings. The first-order valence-electron chi connectivity index (χ1n) is 7.67. The third kappa shape index (κ3) is 2.57. The van der Waals surface area contributed by atoms with Crippen LogP contribution in [0.4, 0.5) is 5.69 Å². The zero-order valence-electron chi connectivity index (χ0n) is 13.8. The van der Waals surface area contributed by atoms with Crippen molar-refractivity contribution >= 4 is 11.4 Å². The molecule has 8 nitrogen and oxygen atoms in total. The van der Waals surface area contributed by atoms with Crippen molar-refractivity contribution in [2.45, 2.75) is 6.42 Å². The average Bonchev–Trinajstić information content (AvgIpc) is 3.00. The number of hydrogen-bond acceptors (Lipinski definition) is 7. The molecule has 1 aromatic heterocycles. The average molecular weight is 336 g/mol. The van der Waals surface area contributed by atoms with Crippen LogP contribution < -0.4 is 15.2 Å². The van der Waals surface area contributed by atoms with E-state index in [0.29, 0.717) is 35.1 Å². The molecule has 126 valence electrons. The van der Waals surface area contributed by atoms with Crippen LogP contribution in [0.2, 0.25) is 0 Å². The number of tetrazole rings is 1. The molecule has 2 N–H and O–H groups in total. The van der Waals surface area contributed by atoms with Crippen LogP contribution in [0.3, 0.4) is 0 Å². The fourth-order valence-corrected chi connectivity index (χ4v) is 2.89. The lowest BCUT2D eigenvalue weighted by Crippen LogP contribution is -2.09. The zero-order valence-corrected chi connectivity index (χ0v) is 13.8. The highest BCUT2D eigenvalue weighted by atomic mass is 16.5. The van der Waals surface area contributed by atoms with E-state index in [2.05, 4.69) is 20.6 Å². The third-order valence-electron chi connectivity index (χ3n) is 4.08. The summed E-state index contributed by atoms with van der Waals surface area (Å²) >= 11 is 0. The Kier molecular flexibility index (Phi) is 3.57. The minimum atomic E-state index is 0.526. The summed E-state index contributed by atoms with van der Waals surface area (Å²) in [5.74, 6) is 1.92. The Morgan fingerprint density at radius 2 is 1.88 bits per heavy atom. The standard InChI is InChI=1S/C17H16N6O2/c1-24-14-7-11-8-16-19-21-22-23(16)20-17(13(11)9-15(14)25-2)10-4-3-5-12(18)6-10/h3-7,9H,8,18H2,1-2H3. The van der Waals surface area contributed by atoms with Crippen molar-refractivity contribution in [3.05, 3.63) is 58.9 Å². The van der Waals surface area contributed by atoms with E-state index in [1.165, 1.54) is 4.79 Å². The molecule has 2 heterocycles. The number of fused-ring (bicyclic) bond motifs is 2. The molecule has 0 fully saturated rings. The molecule has 0 aliphatic carbocycles. The molecule has 0 unspecified atom stereocenters. The predicted octanol–water partition coefficient (Wildman–Crippen LogP) is 1.48. The van der Waals surface area contributed by atoms with Crippen molar-refractivity contribution in [1.29, 1.82) is 0 Å². The molecule has 8 heteroatoms. The monoisotopic (exact) mass is 336 g/mol. The van der Waals surface area contributed by atoms with Gasteiger partial charge in [-0.15, -0.1) is 15.0 Å². The number of benzene rings is 2. The summed E-state index contributed by atoms with van der Waals surface area (Å²) in [6, 6.07) is 11.4. The summed E-state index contributed by atoms with van der Waals surface area (Å²) in [5, 5.41) is 16.4. The summed E-state index contributed by atoms with van der Waals surface area (Å²) in [7, 11) is 3.21. The lowest BCUT2D eigenvalue weighted by Gasteiger charge is -2.14. The zero-order chi connectivity index (χ0) is 17.4. The Hall–Kier alpha value is -3.42. The van der Waals surface area contributed by atoms with Gasteiger partial charge in [0.15, 0.2) is 17.3 Å². The summed E-state index contributed by atoms with van der Waals surface area (Å²) in [6.07, 6.45) is 0.526. The van der Waals surface area contributed by atoms with Crippen molar-refractivity contribution in [3.8, 4) is 11.5 Å². The molecule has 0 amide bonds. The Morgan fingerprint density at radius 3 is 2.64 bits per heavy atom. The summed E-state index contributed by atoms with van der Waals surface area (Å²) in [6.45, 7) is 0. The Morgan fingerprint density at radius 1 is 1.08 bits per heavy atom. The van der Waals surface area contributed by atoms with Crippen molar-refractivity contribution in [1.82, 2.24) is 20.3 Å². The number of nitrogens with two attached hydrogens (primary N) is 1. The first-order valence-corrected chi connectivity index (χ1v) is 7.67. The van der Waals surface area contributed by atoms with Gasteiger partial charge < -0.3 is 15.2 Å². The number of nitrogens with zero attached hydrogens (tertiary/aromatic N) is 5. The van der Waals surface area contributed by atoms with Gasteiger partial charge in [-0.2, -0.15) is 0 Å². The molecule has 0 radical (unpaired) electrons. The summed E-state index contributed by atoms with van der Waals surface area (Å²) in [4.78, 5) is 1.44. The molecule has 0 atom stereocenters. The van der Waals surface area contributed by atoms with E-state index in [4.69, 9.17) is 15.2 Å². The summed E-state index contributed by atoms with van der Waals surface area (Å²) < 4.78 is 10.9. The number of anilines is 1. The van der Waals surface area contributed by atoms with Gasteiger partial charge in [-0.1, -0.05) is 12.1 Å². The fourth-order valence-electron chi connectivity index (χ4n) is 2.89. The molecular weight excluding hydrogens is 320 g/mol. The van der Waals surface area contributed by atoms with Crippen LogP contribution in [0.5, 0.6) is 11.5 Å². The van der Waals surface area contributed by atoms with Gasteiger partial charge in [0.2, 0.25) is 0 Å². The molecular formula is C17H16N6O2. The summed E-state index contributed by atoms with van der Waals surface area (Å²) in [5.41, 5.74) is 10.1. The third-order valence-corrected chi connectivity index (χ3v) is 4.08. The van der Waals surface area contributed by atoms with E-state index < -0.39 is 0 Å².